The van der Waals surface area contributed by atoms with Crippen molar-refractivity contribution < 1.29 is 22.3 Å². The molecule has 1 N–H and O–H groups in total. The van der Waals surface area contributed by atoms with Crippen LogP contribution in [0.5, 0.6) is 5.75 Å². The van der Waals surface area contributed by atoms with Gasteiger partial charge in [0.1, 0.15) is 18.1 Å². The second-order valence-corrected chi connectivity index (χ2v) is 7.62. The molecule has 2 rings (SSSR count). The molecule has 7 nitrogen and oxygen atoms in total. The molecule has 0 atom stereocenters. The number of methoxy groups -OCH3 is 1. The molecule has 0 unspecified atom stereocenters. The van der Waals surface area contributed by atoms with E-state index in [9.17, 15) is 17.6 Å². The summed E-state index contributed by atoms with van der Waals surface area (Å²) in [5.41, 5.74) is 3.67. The predicted molar refractivity (Wildman–Crippen MR) is 102 cm³/mol. The van der Waals surface area contributed by atoms with Gasteiger partial charge >= 0.3 is 0 Å². The van der Waals surface area contributed by atoms with E-state index in [4.69, 9.17) is 4.74 Å². The highest BCUT2D eigenvalue weighted by atomic mass is 32.2. The van der Waals surface area contributed by atoms with Gasteiger partial charge in [0, 0.05) is 0 Å². The van der Waals surface area contributed by atoms with Crippen molar-refractivity contribution >= 4 is 27.3 Å². The topological polar surface area (TPSA) is 88.1 Å². The van der Waals surface area contributed by atoms with E-state index in [1.165, 1.54) is 18.2 Å². The molecule has 0 aliphatic heterocycles. The molecule has 0 fully saturated rings. The van der Waals surface area contributed by atoms with Crippen molar-refractivity contribution in [2.24, 2.45) is 5.10 Å². The minimum absolute atomic E-state index is 0.0588. The number of nitrogens with zero attached hydrogens (tertiary/aromatic N) is 2. The minimum Gasteiger partial charge on any atom is -0.497 e. The monoisotopic (exact) mass is 393 g/mol. The molecular weight excluding hydrogens is 373 g/mol. The Bertz CT molecular complexity index is 943. The van der Waals surface area contributed by atoms with E-state index in [0.717, 1.165) is 22.2 Å². The van der Waals surface area contributed by atoms with Gasteiger partial charge in [0.15, 0.2) is 0 Å². The van der Waals surface area contributed by atoms with Gasteiger partial charge < -0.3 is 4.74 Å². The van der Waals surface area contributed by atoms with Crippen LogP contribution in [-0.4, -0.2) is 39.9 Å². The van der Waals surface area contributed by atoms with Crippen molar-refractivity contribution in [1.82, 2.24) is 5.43 Å². The Hall–Kier alpha value is -2.94. The lowest BCUT2D eigenvalue weighted by Crippen LogP contribution is -2.39. The number of nitrogens with one attached hydrogen (secondary N) is 1. The second kappa shape index (κ2) is 8.63. The van der Waals surface area contributed by atoms with Crippen molar-refractivity contribution in [2.45, 2.75) is 6.92 Å². The fourth-order valence-corrected chi connectivity index (χ4v) is 3.09. The zero-order valence-electron chi connectivity index (χ0n) is 15.1. The summed E-state index contributed by atoms with van der Waals surface area (Å²) < 4.78 is 43.2. The molecule has 0 aliphatic rings. The highest BCUT2D eigenvalue weighted by Gasteiger charge is 2.21. The summed E-state index contributed by atoms with van der Waals surface area (Å²) >= 11 is 0. The maximum atomic E-state index is 13.4. The number of carbonyl (C=O) groups excluding carboxylic acids is 1. The van der Waals surface area contributed by atoms with Crippen LogP contribution in [0.3, 0.4) is 0 Å². The lowest BCUT2D eigenvalue weighted by Gasteiger charge is -2.21. The lowest BCUT2D eigenvalue weighted by molar-refractivity contribution is -0.119. The molecule has 2 aromatic carbocycles. The molecular formula is C18H20FN3O4S. The van der Waals surface area contributed by atoms with Gasteiger partial charge in [-0.2, -0.15) is 5.10 Å². The van der Waals surface area contributed by atoms with E-state index < -0.39 is 28.3 Å². The first-order chi connectivity index (χ1) is 12.7. The van der Waals surface area contributed by atoms with Gasteiger partial charge in [-0.05, 0) is 55.0 Å². The average Bonchev–Trinajstić information content (AvgIpc) is 2.63. The van der Waals surface area contributed by atoms with Gasteiger partial charge in [-0.3, -0.25) is 9.10 Å². The third kappa shape index (κ3) is 5.78. The number of rotatable bonds is 7. The van der Waals surface area contributed by atoms with Crippen LogP contribution in [-0.2, 0) is 14.8 Å². The average molecular weight is 393 g/mol. The number of hydrogen-bond donors (Lipinski definition) is 1. The highest BCUT2D eigenvalue weighted by molar-refractivity contribution is 7.92. The summed E-state index contributed by atoms with van der Waals surface area (Å²) in [6.07, 6.45) is 0.942. The minimum atomic E-state index is -3.78. The fraction of sp³-hybridized carbons (Fsp3) is 0.222. The molecule has 9 heteroatoms. The van der Waals surface area contributed by atoms with Crippen LogP contribution in [0, 0.1) is 5.82 Å². The second-order valence-electron chi connectivity index (χ2n) is 5.71. The maximum Gasteiger partial charge on any atom is 0.260 e. The molecule has 1 amide bonds. The van der Waals surface area contributed by atoms with E-state index in [1.54, 1.807) is 38.3 Å². The summed E-state index contributed by atoms with van der Waals surface area (Å²) in [6, 6.07) is 12.1. The number of benzene rings is 2. The molecule has 27 heavy (non-hydrogen) atoms. The van der Waals surface area contributed by atoms with Gasteiger partial charge in [-0.25, -0.2) is 18.2 Å². The Kier molecular flexibility index (Phi) is 6.51. The van der Waals surface area contributed by atoms with Crippen LogP contribution in [0.1, 0.15) is 12.5 Å². The Morgan fingerprint density at radius 2 is 1.89 bits per heavy atom. The Labute approximate surface area is 157 Å². The van der Waals surface area contributed by atoms with Crippen molar-refractivity contribution in [3.8, 4) is 5.75 Å². The fourth-order valence-electron chi connectivity index (χ4n) is 2.24. The number of amides is 1. The molecule has 2 aromatic rings. The van der Waals surface area contributed by atoms with Gasteiger partial charge in [0.05, 0.1) is 24.8 Å². The van der Waals surface area contributed by atoms with Crippen molar-refractivity contribution in [1.29, 1.82) is 0 Å². The summed E-state index contributed by atoms with van der Waals surface area (Å²) in [4.78, 5) is 12.2. The third-order valence-corrected chi connectivity index (χ3v) is 4.78. The van der Waals surface area contributed by atoms with E-state index >= 15 is 0 Å². The van der Waals surface area contributed by atoms with Crippen LogP contribution in [0.4, 0.5) is 10.1 Å². The van der Waals surface area contributed by atoms with Crippen LogP contribution >= 0.6 is 0 Å². The lowest BCUT2D eigenvalue weighted by atomic mass is 10.1. The normalized spacial score (nSPS) is 11.8. The number of anilines is 1. The Morgan fingerprint density at radius 1 is 1.22 bits per heavy atom. The largest absolute Gasteiger partial charge is 0.497 e. The quantitative estimate of drug-likeness (QED) is 0.577. The Morgan fingerprint density at radius 3 is 2.44 bits per heavy atom. The molecule has 0 aliphatic carbocycles. The van der Waals surface area contributed by atoms with Gasteiger partial charge in [0.2, 0.25) is 10.0 Å². The van der Waals surface area contributed by atoms with Crippen LogP contribution in [0.25, 0.3) is 0 Å². The van der Waals surface area contributed by atoms with Crippen LogP contribution in [0.2, 0.25) is 0 Å². The van der Waals surface area contributed by atoms with E-state index in [0.29, 0.717) is 11.5 Å². The number of halogens is 1. The number of sulfonamides is 1. The van der Waals surface area contributed by atoms with E-state index in [2.05, 4.69) is 10.5 Å². The molecule has 144 valence electrons. The highest BCUT2D eigenvalue weighted by Crippen LogP contribution is 2.18. The van der Waals surface area contributed by atoms with Crippen molar-refractivity contribution in [2.75, 3.05) is 24.2 Å². The van der Waals surface area contributed by atoms with Crippen molar-refractivity contribution in [3.05, 3.63) is 59.9 Å². The third-order valence-electron chi connectivity index (χ3n) is 3.64. The summed E-state index contributed by atoms with van der Waals surface area (Å²) in [7, 11) is -2.23. The molecule has 0 spiro atoms. The summed E-state index contributed by atoms with van der Waals surface area (Å²) in [5.74, 6) is -0.568. The number of ether oxygens (including phenoxy) is 1. The predicted octanol–water partition coefficient (Wildman–Crippen LogP) is 2.14. The zero-order chi connectivity index (χ0) is 20.0. The van der Waals surface area contributed by atoms with E-state index in [-0.39, 0.29) is 5.69 Å². The Balaban J connectivity index is 2.11. The summed E-state index contributed by atoms with van der Waals surface area (Å²) in [5, 5.41) is 3.98. The molecule has 0 radical (unpaired) electrons. The van der Waals surface area contributed by atoms with Crippen LogP contribution < -0.4 is 14.5 Å². The van der Waals surface area contributed by atoms with Crippen LogP contribution in [0.15, 0.2) is 53.6 Å². The first kappa shape index (κ1) is 20.4. The smallest absolute Gasteiger partial charge is 0.260 e. The van der Waals surface area contributed by atoms with Gasteiger partial charge in [0.25, 0.3) is 5.91 Å². The standard InChI is InChI=1S/C18H20FN3O4S/c1-13(14-7-9-17(26-2)10-8-14)20-21-18(23)12-22(27(3,24)25)16-6-4-5-15(19)11-16/h4-11H,12H2,1-3H3,(H,21,23)/b20-13-. The first-order valence-electron chi connectivity index (χ1n) is 7.91. The maximum absolute atomic E-state index is 13.4. The molecule has 0 bridgehead atoms. The van der Waals surface area contributed by atoms with Crippen molar-refractivity contribution in [3.63, 3.8) is 0 Å². The number of hydrazone groups is 1. The zero-order valence-corrected chi connectivity index (χ0v) is 16.0. The molecule has 0 aromatic heterocycles. The number of carbonyl (C=O) groups is 1. The summed E-state index contributed by atoms with van der Waals surface area (Å²) in [6.45, 7) is 1.17. The molecule has 0 heterocycles. The first-order valence-corrected chi connectivity index (χ1v) is 9.76. The van der Waals surface area contributed by atoms with E-state index in [1.807, 2.05) is 0 Å². The SMILES string of the molecule is COc1ccc(/C(C)=N\NC(=O)CN(c2cccc(F)c2)S(C)(=O)=O)cc1. The number of hydrogen-bond acceptors (Lipinski definition) is 5. The van der Waals surface area contributed by atoms with Gasteiger partial charge in [-0.1, -0.05) is 6.07 Å². The molecule has 0 saturated carbocycles. The van der Waals surface area contributed by atoms with Gasteiger partial charge in [-0.15, -0.1) is 0 Å². The molecule has 0 saturated heterocycles.